The molecule has 13 heteroatoms. The second-order valence-corrected chi connectivity index (χ2v) is 8.58. The Bertz CT molecular complexity index is 1190. The molecule has 4 rings (SSSR count). The zero-order valence-electron chi connectivity index (χ0n) is 16.1. The van der Waals surface area contributed by atoms with E-state index in [4.69, 9.17) is 23.3 Å². The largest absolute Gasteiger partial charge is 0.465 e. The zero-order valence-corrected chi connectivity index (χ0v) is 18.5. The first-order valence-electron chi connectivity index (χ1n) is 9.06. The molecule has 1 aromatic carbocycles. The summed E-state index contributed by atoms with van der Waals surface area (Å²) in [6.07, 6.45) is 4.48. The van der Waals surface area contributed by atoms with Gasteiger partial charge in [0.25, 0.3) is 0 Å². The van der Waals surface area contributed by atoms with Gasteiger partial charge in [-0.25, -0.2) is 14.8 Å². The van der Waals surface area contributed by atoms with Crippen LogP contribution in [0, 0.1) is 0 Å². The fourth-order valence-corrected chi connectivity index (χ4v) is 4.50. The molecule has 11 nitrogen and oxygen atoms in total. The molecule has 0 saturated carbocycles. The number of halogens is 1. The fourth-order valence-electron chi connectivity index (χ4n) is 3.94. The molecular weight excluding hydrogens is 494 g/mol. The maximum atomic E-state index is 12.0. The molecular formula is C18H20BrN5O6S. The van der Waals surface area contributed by atoms with Gasteiger partial charge in [-0.15, -0.1) is 0 Å². The molecule has 1 atom stereocenters. The number of benzene rings is 1. The van der Waals surface area contributed by atoms with Crippen LogP contribution in [-0.2, 0) is 22.4 Å². The third kappa shape index (κ3) is 4.95. The van der Waals surface area contributed by atoms with Gasteiger partial charge in [0.05, 0.1) is 0 Å². The Labute approximate surface area is 186 Å². The molecule has 0 spiro atoms. The molecule has 0 radical (unpaired) electrons. The SMILES string of the molecule is Nc1nccn2c([C@@]3(Cc4ccccc4)CCCN3C(=O)O)nc(Br)c12.O=S(=O)(O)O. The van der Waals surface area contributed by atoms with E-state index in [9.17, 15) is 9.90 Å². The van der Waals surface area contributed by atoms with Crippen LogP contribution in [0.2, 0.25) is 0 Å². The molecule has 0 aliphatic carbocycles. The number of fused-ring (bicyclic) bond motifs is 1. The third-order valence-corrected chi connectivity index (χ3v) is 5.57. The molecule has 0 unspecified atom stereocenters. The minimum absolute atomic E-state index is 0.354. The lowest BCUT2D eigenvalue weighted by Gasteiger charge is -2.36. The highest BCUT2D eigenvalue weighted by Crippen LogP contribution is 2.43. The van der Waals surface area contributed by atoms with Crippen LogP contribution in [0.1, 0.15) is 24.2 Å². The van der Waals surface area contributed by atoms with Crippen molar-refractivity contribution in [2.45, 2.75) is 24.8 Å². The summed E-state index contributed by atoms with van der Waals surface area (Å²) in [6, 6.07) is 9.91. The number of aromatic nitrogens is 3. The van der Waals surface area contributed by atoms with Gasteiger partial charge in [-0.05, 0) is 34.3 Å². The van der Waals surface area contributed by atoms with Gasteiger partial charge in [0.1, 0.15) is 21.5 Å². The van der Waals surface area contributed by atoms with Crippen molar-refractivity contribution in [3.63, 3.8) is 0 Å². The zero-order chi connectivity index (χ0) is 22.8. The number of amides is 1. The normalized spacial score (nSPS) is 18.6. The molecule has 2 aromatic heterocycles. The summed E-state index contributed by atoms with van der Waals surface area (Å²) in [6.45, 7) is 0.481. The van der Waals surface area contributed by atoms with E-state index < -0.39 is 22.0 Å². The molecule has 1 aliphatic heterocycles. The number of nitrogens with two attached hydrogens (primary N) is 1. The highest BCUT2D eigenvalue weighted by Gasteiger charge is 2.48. The highest BCUT2D eigenvalue weighted by atomic mass is 79.9. The molecule has 1 fully saturated rings. The molecule has 1 aliphatic rings. The Hall–Kier alpha value is -2.74. The average Bonchev–Trinajstić information content (AvgIpc) is 3.24. The first-order valence-corrected chi connectivity index (χ1v) is 11.2. The van der Waals surface area contributed by atoms with Crippen molar-refractivity contribution >= 4 is 43.8 Å². The predicted octanol–water partition coefficient (Wildman–Crippen LogP) is 2.63. The number of nitrogen functional groups attached to an aromatic ring is 1. The van der Waals surface area contributed by atoms with Crippen molar-refractivity contribution in [2.75, 3.05) is 12.3 Å². The predicted molar refractivity (Wildman–Crippen MR) is 115 cm³/mol. The van der Waals surface area contributed by atoms with E-state index in [1.807, 2.05) is 34.7 Å². The van der Waals surface area contributed by atoms with Crippen LogP contribution in [0.4, 0.5) is 10.6 Å². The van der Waals surface area contributed by atoms with E-state index in [0.717, 1.165) is 12.0 Å². The van der Waals surface area contributed by atoms with Gasteiger partial charge in [0.15, 0.2) is 5.82 Å². The van der Waals surface area contributed by atoms with Crippen molar-refractivity contribution in [3.05, 3.63) is 58.7 Å². The maximum absolute atomic E-state index is 12.0. The van der Waals surface area contributed by atoms with Gasteiger partial charge < -0.3 is 10.8 Å². The van der Waals surface area contributed by atoms with Crippen molar-refractivity contribution in [1.29, 1.82) is 0 Å². The van der Waals surface area contributed by atoms with Crippen molar-refractivity contribution in [2.24, 2.45) is 0 Å². The van der Waals surface area contributed by atoms with Gasteiger partial charge in [-0.1, -0.05) is 30.3 Å². The van der Waals surface area contributed by atoms with Crippen LogP contribution in [0.3, 0.4) is 0 Å². The minimum Gasteiger partial charge on any atom is -0.465 e. The van der Waals surface area contributed by atoms with E-state index in [0.29, 0.717) is 41.1 Å². The van der Waals surface area contributed by atoms with Crippen LogP contribution >= 0.6 is 15.9 Å². The quantitative estimate of drug-likeness (QED) is 0.384. The molecule has 1 amide bonds. The van der Waals surface area contributed by atoms with Gasteiger partial charge in [-0.3, -0.25) is 18.4 Å². The molecule has 3 heterocycles. The van der Waals surface area contributed by atoms with Crippen molar-refractivity contribution < 1.29 is 27.4 Å². The second-order valence-electron chi connectivity index (χ2n) is 6.94. The van der Waals surface area contributed by atoms with E-state index in [1.54, 1.807) is 12.4 Å². The second kappa shape index (κ2) is 8.78. The van der Waals surface area contributed by atoms with Gasteiger partial charge in [-0.2, -0.15) is 8.42 Å². The molecule has 31 heavy (non-hydrogen) atoms. The van der Waals surface area contributed by atoms with Crippen molar-refractivity contribution in [1.82, 2.24) is 19.3 Å². The van der Waals surface area contributed by atoms with Gasteiger partial charge in [0, 0.05) is 25.4 Å². The Morgan fingerprint density at radius 2 is 1.90 bits per heavy atom. The minimum atomic E-state index is -4.67. The Balaban J connectivity index is 0.000000491. The molecule has 1 saturated heterocycles. The van der Waals surface area contributed by atoms with Crippen LogP contribution in [0.5, 0.6) is 0 Å². The number of anilines is 1. The number of hydrogen-bond acceptors (Lipinski definition) is 6. The number of carbonyl (C=O) groups is 1. The van der Waals surface area contributed by atoms with E-state index >= 15 is 0 Å². The molecule has 5 N–H and O–H groups in total. The van der Waals surface area contributed by atoms with E-state index in [-0.39, 0.29) is 0 Å². The number of imidazole rings is 1. The number of rotatable bonds is 3. The average molecular weight is 514 g/mol. The lowest BCUT2D eigenvalue weighted by molar-refractivity contribution is 0.0955. The summed E-state index contributed by atoms with van der Waals surface area (Å²) in [5, 5.41) is 9.86. The van der Waals surface area contributed by atoms with Gasteiger partial charge in [0.2, 0.25) is 0 Å². The monoisotopic (exact) mass is 513 g/mol. The number of hydrogen-bond donors (Lipinski definition) is 4. The summed E-state index contributed by atoms with van der Waals surface area (Å²) in [7, 11) is -4.67. The number of nitrogens with zero attached hydrogens (tertiary/aromatic N) is 4. The highest BCUT2D eigenvalue weighted by molar-refractivity contribution is 9.10. The smallest absolute Gasteiger partial charge is 0.408 e. The maximum Gasteiger partial charge on any atom is 0.408 e. The summed E-state index contributed by atoms with van der Waals surface area (Å²) in [4.78, 5) is 22.4. The number of carboxylic acid groups (broad SMARTS) is 1. The molecule has 0 bridgehead atoms. The van der Waals surface area contributed by atoms with E-state index in [2.05, 4.69) is 25.9 Å². The topological polar surface area (TPSA) is 171 Å². The van der Waals surface area contributed by atoms with Crippen molar-refractivity contribution in [3.8, 4) is 0 Å². The number of likely N-dealkylation sites (tertiary alicyclic amines) is 1. The van der Waals surface area contributed by atoms with Crippen LogP contribution in [0.15, 0.2) is 47.3 Å². The third-order valence-electron chi connectivity index (χ3n) is 5.02. The molecule has 166 valence electrons. The first-order chi connectivity index (χ1) is 14.5. The van der Waals surface area contributed by atoms with Crippen LogP contribution in [-0.4, -0.2) is 54.5 Å². The van der Waals surface area contributed by atoms with E-state index in [1.165, 1.54) is 4.90 Å². The molecule has 3 aromatic rings. The summed E-state index contributed by atoms with van der Waals surface area (Å²) >= 11 is 3.46. The summed E-state index contributed by atoms with van der Waals surface area (Å²) < 4.78 is 34.0. The Morgan fingerprint density at radius 1 is 1.26 bits per heavy atom. The standard InChI is InChI=1S/C18H18BrN5O2.H2O4S/c19-14-13-15(20)21-8-10-23(13)16(22-14)18(7-4-9-24(18)17(25)26)11-12-5-2-1-3-6-12;1-5(2,3)4/h1-3,5-6,8,10H,4,7,9,11H2,(H2,20,21)(H,25,26);(H2,1,2,3,4)/t18-;/m0./s1. The van der Waals surface area contributed by atoms with Gasteiger partial charge >= 0.3 is 16.5 Å². The Morgan fingerprint density at radius 3 is 2.52 bits per heavy atom. The Kier molecular flexibility index (Phi) is 6.50. The first kappa shape index (κ1) is 22.9. The fraction of sp³-hybridized carbons (Fsp3) is 0.278. The lowest BCUT2D eigenvalue weighted by Crippen LogP contribution is -2.47. The van der Waals surface area contributed by atoms with Crippen LogP contribution in [0.25, 0.3) is 5.52 Å². The van der Waals surface area contributed by atoms with Crippen LogP contribution < -0.4 is 5.73 Å². The summed E-state index contributed by atoms with van der Waals surface area (Å²) in [5.74, 6) is 1.02. The summed E-state index contributed by atoms with van der Waals surface area (Å²) in [5.41, 5.74) is 7.00. The lowest BCUT2D eigenvalue weighted by atomic mass is 9.87.